The fourth-order valence-electron chi connectivity index (χ4n) is 1.58. The molecule has 0 fully saturated rings. The second kappa shape index (κ2) is 4.56. The van der Waals surface area contributed by atoms with Crippen LogP contribution in [0.25, 0.3) is 0 Å². The van der Waals surface area contributed by atoms with Crippen LogP contribution >= 0.6 is 0 Å². The van der Waals surface area contributed by atoms with Crippen molar-refractivity contribution in [2.45, 2.75) is 25.7 Å². The molecule has 0 bridgehead atoms. The molecule has 0 saturated heterocycles. The van der Waals surface area contributed by atoms with Crippen molar-refractivity contribution < 1.29 is 4.39 Å². The molecule has 1 nitrogen and oxygen atoms in total. The largest absolute Gasteiger partial charge is 0.320 e. The maximum absolute atomic E-state index is 13.5. The van der Waals surface area contributed by atoms with Crippen LogP contribution in [0.5, 0.6) is 0 Å². The first-order valence-corrected chi connectivity index (χ1v) is 4.97. The van der Waals surface area contributed by atoms with Gasteiger partial charge < -0.3 is 5.32 Å². The third-order valence-corrected chi connectivity index (χ3v) is 2.60. The monoisotopic (exact) mass is 195 g/mol. The molecule has 0 radical (unpaired) electrons. The Morgan fingerprint density at radius 3 is 2.50 bits per heavy atom. The molecule has 0 atom stereocenters. The molecular weight excluding hydrogens is 177 g/mol. The SMILES string of the molecule is CNCCC(C)(C)c1ccccc1F. The quantitative estimate of drug-likeness (QED) is 0.779. The smallest absolute Gasteiger partial charge is 0.126 e. The fraction of sp³-hybridized carbons (Fsp3) is 0.500. The van der Waals surface area contributed by atoms with Gasteiger partial charge in [-0.25, -0.2) is 4.39 Å². The van der Waals surface area contributed by atoms with E-state index in [-0.39, 0.29) is 11.2 Å². The van der Waals surface area contributed by atoms with Gasteiger partial charge in [0.2, 0.25) is 0 Å². The number of hydrogen-bond donors (Lipinski definition) is 1. The zero-order valence-corrected chi connectivity index (χ0v) is 9.10. The van der Waals surface area contributed by atoms with Crippen LogP contribution in [0.3, 0.4) is 0 Å². The Balaban J connectivity index is 2.86. The summed E-state index contributed by atoms with van der Waals surface area (Å²) in [5, 5.41) is 3.09. The number of nitrogens with one attached hydrogen (secondary N) is 1. The number of rotatable bonds is 4. The van der Waals surface area contributed by atoms with Gasteiger partial charge in [-0.15, -0.1) is 0 Å². The molecule has 0 heterocycles. The Kier molecular flexibility index (Phi) is 3.64. The van der Waals surface area contributed by atoms with Crippen LogP contribution in [-0.2, 0) is 5.41 Å². The first-order valence-electron chi connectivity index (χ1n) is 4.97. The first-order chi connectivity index (χ1) is 6.58. The van der Waals surface area contributed by atoms with Crippen molar-refractivity contribution in [1.82, 2.24) is 5.32 Å². The highest BCUT2D eigenvalue weighted by molar-refractivity contribution is 5.25. The van der Waals surface area contributed by atoms with Gasteiger partial charge in [0.05, 0.1) is 0 Å². The third kappa shape index (κ3) is 2.55. The highest BCUT2D eigenvalue weighted by Gasteiger charge is 2.22. The van der Waals surface area contributed by atoms with E-state index >= 15 is 0 Å². The van der Waals surface area contributed by atoms with E-state index in [9.17, 15) is 4.39 Å². The molecule has 0 aliphatic heterocycles. The molecule has 0 saturated carbocycles. The summed E-state index contributed by atoms with van der Waals surface area (Å²) >= 11 is 0. The molecule has 14 heavy (non-hydrogen) atoms. The maximum Gasteiger partial charge on any atom is 0.126 e. The van der Waals surface area contributed by atoms with E-state index < -0.39 is 0 Å². The van der Waals surface area contributed by atoms with Gasteiger partial charge in [0.15, 0.2) is 0 Å². The molecule has 0 unspecified atom stereocenters. The van der Waals surface area contributed by atoms with Gasteiger partial charge in [0, 0.05) is 0 Å². The maximum atomic E-state index is 13.5. The van der Waals surface area contributed by atoms with E-state index in [1.165, 1.54) is 6.07 Å². The van der Waals surface area contributed by atoms with Crippen LogP contribution in [-0.4, -0.2) is 13.6 Å². The minimum absolute atomic E-state index is 0.103. The highest BCUT2D eigenvalue weighted by atomic mass is 19.1. The predicted octanol–water partition coefficient (Wildman–Crippen LogP) is 2.71. The number of halogens is 1. The predicted molar refractivity (Wildman–Crippen MR) is 58.0 cm³/mol. The minimum atomic E-state index is -0.103. The molecular formula is C12H18FN. The first kappa shape index (κ1) is 11.2. The summed E-state index contributed by atoms with van der Waals surface area (Å²) in [6.07, 6.45) is 0.935. The van der Waals surface area contributed by atoms with Crippen LogP contribution in [0.15, 0.2) is 24.3 Å². The van der Waals surface area contributed by atoms with E-state index in [0.29, 0.717) is 0 Å². The average molecular weight is 195 g/mol. The van der Waals surface area contributed by atoms with E-state index in [1.807, 2.05) is 19.2 Å². The molecule has 1 aromatic rings. The van der Waals surface area contributed by atoms with Crippen LogP contribution in [0, 0.1) is 5.82 Å². The van der Waals surface area contributed by atoms with E-state index in [2.05, 4.69) is 19.2 Å². The van der Waals surface area contributed by atoms with Gasteiger partial charge >= 0.3 is 0 Å². The van der Waals surface area contributed by atoms with Gasteiger partial charge in [-0.2, -0.15) is 0 Å². The lowest BCUT2D eigenvalue weighted by Crippen LogP contribution is -2.24. The van der Waals surface area contributed by atoms with Crippen LogP contribution in [0.2, 0.25) is 0 Å². The van der Waals surface area contributed by atoms with Crippen molar-refractivity contribution in [2.24, 2.45) is 0 Å². The Hall–Kier alpha value is -0.890. The van der Waals surface area contributed by atoms with Crippen molar-refractivity contribution in [2.75, 3.05) is 13.6 Å². The van der Waals surface area contributed by atoms with Crippen molar-refractivity contribution in [3.05, 3.63) is 35.6 Å². The molecule has 2 heteroatoms. The number of benzene rings is 1. The Morgan fingerprint density at radius 1 is 1.29 bits per heavy atom. The molecule has 1 rings (SSSR count). The summed E-state index contributed by atoms with van der Waals surface area (Å²) in [5.41, 5.74) is 0.698. The second-order valence-corrected chi connectivity index (χ2v) is 4.22. The molecule has 78 valence electrons. The minimum Gasteiger partial charge on any atom is -0.320 e. The summed E-state index contributed by atoms with van der Waals surface area (Å²) in [6, 6.07) is 7.01. The Morgan fingerprint density at radius 2 is 1.93 bits per heavy atom. The lowest BCUT2D eigenvalue weighted by atomic mass is 9.81. The fourth-order valence-corrected chi connectivity index (χ4v) is 1.58. The normalized spacial score (nSPS) is 11.7. The summed E-state index contributed by atoms with van der Waals surface area (Å²) in [6.45, 7) is 5.05. The Labute approximate surface area is 85.3 Å². The Bertz CT molecular complexity index is 294. The highest BCUT2D eigenvalue weighted by Crippen LogP contribution is 2.28. The van der Waals surface area contributed by atoms with Crippen molar-refractivity contribution in [3.63, 3.8) is 0 Å². The van der Waals surface area contributed by atoms with Crippen molar-refractivity contribution >= 4 is 0 Å². The zero-order valence-electron chi connectivity index (χ0n) is 9.10. The third-order valence-electron chi connectivity index (χ3n) is 2.60. The summed E-state index contributed by atoms with van der Waals surface area (Å²) in [4.78, 5) is 0. The number of hydrogen-bond acceptors (Lipinski definition) is 1. The molecule has 0 aliphatic rings. The summed E-state index contributed by atoms with van der Waals surface area (Å²) in [7, 11) is 1.91. The molecule has 0 aromatic heterocycles. The molecule has 0 aliphatic carbocycles. The van der Waals surface area contributed by atoms with Crippen LogP contribution < -0.4 is 5.32 Å². The van der Waals surface area contributed by atoms with Crippen LogP contribution in [0.4, 0.5) is 4.39 Å². The van der Waals surface area contributed by atoms with Gasteiger partial charge in [0.1, 0.15) is 5.82 Å². The summed E-state index contributed by atoms with van der Waals surface area (Å²) in [5.74, 6) is -0.103. The van der Waals surface area contributed by atoms with Gasteiger partial charge in [-0.3, -0.25) is 0 Å². The van der Waals surface area contributed by atoms with Gasteiger partial charge in [0.25, 0.3) is 0 Å². The van der Waals surface area contributed by atoms with Gasteiger partial charge in [-0.1, -0.05) is 32.0 Å². The van der Waals surface area contributed by atoms with Gasteiger partial charge in [-0.05, 0) is 37.1 Å². The zero-order chi connectivity index (χ0) is 10.6. The molecule has 1 aromatic carbocycles. The molecule has 0 amide bonds. The molecule has 1 N–H and O–H groups in total. The second-order valence-electron chi connectivity index (χ2n) is 4.22. The lowest BCUT2D eigenvalue weighted by Gasteiger charge is -2.25. The summed E-state index contributed by atoms with van der Waals surface area (Å²) < 4.78 is 13.5. The van der Waals surface area contributed by atoms with E-state index in [4.69, 9.17) is 0 Å². The topological polar surface area (TPSA) is 12.0 Å². The average Bonchev–Trinajstić information content (AvgIpc) is 2.15. The lowest BCUT2D eigenvalue weighted by molar-refractivity contribution is 0.442. The van der Waals surface area contributed by atoms with E-state index in [0.717, 1.165) is 18.5 Å². The van der Waals surface area contributed by atoms with E-state index in [1.54, 1.807) is 6.07 Å². The van der Waals surface area contributed by atoms with Crippen LogP contribution in [0.1, 0.15) is 25.8 Å². The van der Waals surface area contributed by atoms with Crippen molar-refractivity contribution in [3.8, 4) is 0 Å². The molecule has 0 spiro atoms. The van der Waals surface area contributed by atoms with Crippen molar-refractivity contribution in [1.29, 1.82) is 0 Å². The standard InChI is InChI=1S/C12H18FN/c1-12(2,8-9-14-3)10-6-4-5-7-11(10)13/h4-7,14H,8-9H2,1-3H3.